The zero-order chi connectivity index (χ0) is 18.5. The van der Waals surface area contributed by atoms with Crippen LogP contribution >= 0.6 is 0 Å². The van der Waals surface area contributed by atoms with Gasteiger partial charge in [0.15, 0.2) is 0 Å². The van der Waals surface area contributed by atoms with Crippen LogP contribution in [0.15, 0.2) is 0 Å². The lowest BCUT2D eigenvalue weighted by Crippen LogP contribution is -2.03. The fraction of sp³-hybridized carbons (Fsp3) is 0.900. The summed E-state index contributed by atoms with van der Waals surface area (Å²) in [5, 5.41) is 0. The Balaban J connectivity index is 0. The highest BCUT2D eigenvalue weighted by Crippen LogP contribution is 2.03. The molecule has 0 rings (SSSR count). The Morgan fingerprint density at radius 1 is 0.542 bits per heavy atom. The van der Waals surface area contributed by atoms with Crippen molar-refractivity contribution < 1.29 is 19.1 Å². The van der Waals surface area contributed by atoms with Crippen molar-refractivity contribution in [3.63, 3.8) is 0 Å². The lowest BCUT2D eigenvalue weighted by molar-refractivity contribution is -0.144. The van der Waals surface area contributed by atoms with Crippen LogP contribution in [0.25, 0.3) is 0 Å². The van der Waals surface area contributed by atoms with Crippen LogP contribution in [0.1, 0.15) is 105 Å². The third-order valence-corrected chi connectivity index (χ3v) is 3.60. The van der Waals surface area contributed by atoms with E-state index in [1.54, 1.807) is 0 Å². The highest BCUT2D eigenvalue weighted by Gasteiger charge is 1.97. The van der Waals surface area contributed by atoms with Crippen molar-refractivity contribution in [1.29, 1.82) is 0 Å². The molecule has 4 heteroatoms. The van der Waals surface area contributed by atoms with Gasteiger partial charge in [-0.25, -0.2) is 0 Å². The fourth-order valence-corrected chi connectivity index (χ4v) is 1.99. The Kier molecular flexibility index (Phi) is 23.0. The molecule has 0 aliphatic heterocycles. The first-order valence-corrected chi connectivity index (χ1v) is 9.93. The number of carbonyl (C=O) groups excluding carboxylic acids is 2. The van der Waals surface area contributed by atoms with Gasteiger partial charge in [-0.15, -0.1) is 0 Å². The number of unbranched alkanes of at least 4 members (excludes halogenated alkanes) is 8. The summed E-state index contributed by atoms with van der Waals surface area (Å²) in [6.45, 7) is 9.24. The topological polar surface area (TPSA) is 52.6 Å². The minimum Gasteiger partial charge on any atom is -0.466 e. The third-order valence-electron chi connectivity index (χ3n) is 3.60. The third kappa shape index (κ3) is 23.2. The molecule has 0 atom stereocenters. The van der Waals surface area contributed by atoms with Crippen LogP contribution in [-0.4, -0.2) is 25.2 Å². The van der Waals surface area contributed by atoms with Gasteiger partial charge >= 0.3 is 11.9 Å². The summed E-state index contributed by atoms with van der Waals surface area (Å²) in [7, 11) is 0. The van der Waals surface area contributed by atoms with E-state index in [4.69, 9.17) is 9.47 Å². The van der Waals surface area contributed by atoms with E-state index in [1.807, 2.05) is 13.8 Å². The Labute approximate surface area is 149 Å². The quantitative estimate of drug-likeness (QED) is 0.294. The second-order valence-corrected chi connectivity index (χ2v) is 5.98. The van der Waals surface area contributed by atoms with Crippen molar-refractivity contribution in [3.05, 3.63) is 0 Å². The molecular formula is C20H40O4. The van der Waals surface area contributed by atoms with Gasteiger partial charge in [-0.05, 0) is 12.8 Å². The normalized spacial score (nSPS) is 9.83. The summed E-state index contributed by atoms with van der Waals surface area (Å²) >= 11 is 0. The van der Waals surface area contributed by atoms with Crippen molar-refractivity contribution in [1.82, 2.24) is 0 Å². The first-order valence-electron chi connectivity index (χ1n) is 9.93. The molecular weight excluding hydrogens is 304 g/mol. The van der Waals surface area contributed by atoms with E-state index in [1.165, 1.54) is 51.4 Å². The Morgan fingerprint density at radius 2 is 0.875 bits per heavy atom. The SMILES string of the molecule is CCCCCCCOC(=O)CC.CCCCCCCOC(=O)CC. The van der Waals surface area contributed by atoms with Crippen LogP contribution in [0.3, 0.4) is 0 Å². The van der Waals surface area contributed by atoms with E-state index >= 15 is 0 Å². The van der Waals surface area contributed by atoms with E-state index in [9.17, 15) is 9.59 Å². The van der Waals surface area contributed by atoms with Gasteiger partial charge in [0.25, 0.3) is 0 Å². The molecule has 0 fully saturated rings. The molecule has 24 heavy (non-hydrogen) atoms. The molecule has 0 amide bonds. The summed E-state index contributed by atoms with van der Waals surface area (Å²) in [4.78, 5) is 21.4. The summed E-state index contributed by atoms with van der Waals surface area (Å²) in [5.74, 6) is -0.156. The number of ether oxygens (including phenoxy) is 2. The standard InChI is InChI=1S/2C10H20O2/c2*1-3-5-6-7-8-9-12-10(11)4-2/h2*3-9H2,1-2H3. The molecule has 144 valence electrons. The first-order chi connectivity index (χ1) is 11.6. The lowest BCUT2D eigenvalue weighted by atomic mass is 10.2. The average Bonchev–Trinajstić information content (AvgIpc) is 2.61. The molecule has 4 nitrogen and oxygen atoms in total. The van der Waals surface area contributed by atoms with Gasteiger partial charge in [0.1, 0.15) is 0 Å². The zero-order valence-corrected chi connectivity index (χ0v) is 16.5. The maximum atomic E-state index is 10.7. The molecule has 0 aliphatic carbocycles. The van der Waals surface area contributed by atoms with Gasteiger partial charge < -0.3 is 9.47 Å². The molecule has 0 spiro atoms. The summed E-state index contributed by atoms with van der Waals surface area (Å²) < 4.78 is 9.86. The molecule has 0 saturated carbocycles. The van der Waals surface area contributed by atoms with Crippen molar-refractivity contribution >= 4 is 11.9 Å². The highest BCUT2D eigenvalue weighted by molar-refractivity contribution is 5.69. The average molecular weight is 345 g/mol. The van der Waals surface area contributed by atoms with Crippen LogP contribution in [0.2, 0.25) is 0 Å². The Hall–Kier alpha value is -1.06. The van der Waals surface area contributed by atoms with Crippen molar-refractivity contribution in [2.24, 2.45) is 0 Å². The molecule has 0 aromatic carbocycles. The van der Waals surface area contributed by atoms with Crippen LogP contribution in [0, 0.1) is 0 Å². The van der Waals surface area contributed by atoms with E-state index in [2.05, 4.69) is 13.8 Å². The smallest absolute Gasteiger partial charge is 0.305 e. The molecule has 0 bridgehead atoms. The zero-order valence-electron chi connectivity index (χ0n) is 16.5. The summed E-state index contributed by atoms with van der Waals surface area (Å²) in [6, 6.07) is 0. The predicted octanol–water partition coefficient (Wildman–Crippen LogP) is 5.82. The van der Waals surface area contributed by atoms with E-state index in [0.29, 0.717) is 26.1 Å². The minimum atomic E-state index is -0.0782. The molecule has 0 saturated heterocycles. The minimum absolute atomic E-state index is 0.0782. The Morgan fingerprint density at radius 3 is 1.17 bits per heavy atom. The van der Waals surface area contributed by atoms with Crippen LogP contribution in [0.4, 0.5) is 0 Å². The lowest BCUT2D eigenvalue weighted by Gasteiger charge is -2.02. The van der Waals surface area contributed by atoms with Gasteiger partial charge in [-0.3, -0.25) is 9.59 Å². The summed E-state index contributed by atoms with van der Waals surface area (Å²) in [5.41, 5.74) is 0. The predicted molar refractivity (Wildman–Crippen MR) is 100 cm³/mol. The number of esters is 2. The molecule has 0 radical (unpaired) electrons. The highest BCUT2D eigenvalue weighted by atomic mass is 16.5. The van der Waals surface area contributed by atoms with Crippen molar-refractivity contribution in [3.8, 4) is 0 Å². The van der Waals surface area contributed by atoms with E-state index < -0.39 is 0 Å². The van der Waals surface area contributed by atoms with Gasteiger partial charge in [0.05, 0.1) is 13.2 Å². The van der Waals surface area contributed by atoms with Crippen molar-refractivity contribution in [2.45, 2.75) is 105 Å². The molecule has 0 N–H and O–H groups in total. The number of hydrogen-bond donors (Lipinski definition) is 0. The van der Waals surface area contributed by atoms with Crippen molar-refractivity contribution in [2.75, 3.05) is 13.2 Å². The maximum absolute atomic E-state index is 10.7. The van der Waals surface area contributed by atoms with Gasteiger partial charge in [0.2, 0.25) is 0 Å². The molecule has 0 unspecified atom stereocenters. The fourth-order valence-electron chi connectivity index (χ4n) is 1.99. The van der Waals surface area contributed by atoms with Gasteiger partial charge in [-0.1, -0.05) is 79.1 Å². The monoisotopic (exact) mass is 344 g/mol. The second-order valence-electron chi connectivity index (χ2n) is 5.98. The number of rotatable bonds is 14. The van der Waals surface area contributed by atoms with Crippen LogP contribution in [0.5, 0.6) is 0 Å². The van der Waals surface area contributed by atoms with Gasteiger partial charge in [-0.2, -0.15) is 0 Å². The van der Waals surface area contributed by atoms with Crippen LogP contribution < -0.4 is 0 Å². The number of hydrogen-bond acceptors (Lipinski definition) is 4. The van der Waals surface area contributed by atoms with E-state index in [-0.39, 0.29) is 11.9 Å². The number of carbonyl (C=O) groups is 2. The first kappa shape index (κ1) is 25.2. The molecule has 0 aromatic heterocycles. The molecule has 0 aliphatic rings. The maximum Gasteiger partial charge on any atom is 0.305 e. The second kappa shape index (κ2) is 21.9. The Bertz CT molecular complexity index is 249. The van der Waals surface area contributed by atoms with E-state index in [0.717, 1.165) is 12.8 Å². The van der Waals surface area contributed by atoms with Crippen LogP contribution in [-0.2, 0) is 19.1 Å². The molecule has 0 aromatic rings. The van der Waals surface area contributed by atoms with Gasteiger partial charge in [0, 0.05) is 12.8 Å². The largest absolute Gasteiger partial charge is 0.466 e. The molecule has 0 heterocycles. The summed E-state index contributed by atoms with van der Waals surface area (Å²) in [6.07, 6.45) is 13.0.